The molecule has 10 heteroatoms. The van der Waals surface area contributed by atoms with E-state index in [9.17, 15) is 14.0 Å². The number of hydrogen-bond acceptors (Lipinski definition) is 6. The molecule has 0 atom stereocenters. The van der Waals surface area contributed by atoms with Crippen LogP contribution in [0.15, 0.2) is 69.4 Å². The van der Waals surface area contributed by atoms with Crippen LogP contribution in [0.3, 0.4) is 0 Å². The van der Waals surface area contributed by atoms with E-state index in [2.05, 4.69) is 15.5 Å². The number of nitrogens with zero attached hydrogens (tertiary/aromatic N) is 4. The van der Waals surface area contributed by atoms with Gasteiger partial charge in [-0.3, -0.25) is 18.6 Å². The van der Waals surface area contributed by atoms with Crippen molar-refractivity contribution in [3.8, 4) is 5.69 Å². The molecule has 3 aromatic heterocycles. The molecular formula is C18H14FN5O3S. The molecule has 0 unspecified atom stereocenters. The third-order valence-electron chi connectivity index (χ3n) is 3.92. The molecule has 142 valence electrons. The molecular weight excluding hydrogens is 385 g/mol. The number of hydrogen-bond donors (Lipinski definition) is 1. The second-order valence-corrected chi connectivity index (χ2v) is 6.71. The molecule has 0 spiro atoms. The van der Waals surface area contributed by atoms with Crippen molar-refractivity contribution >= 4 is 23.3 Å². The number of halogens is 1. The number of thioether (sulfide) groups is 1. The fourth-order valence-corrected chi connectivity index (χ4v) is 3.30. The molecule has 0 fully saturated rings. The molecule has 1 amide bonds. The van der Waals surface area contributed by atoms with Gasteiger partial charge in [0.05, 0.1) is 18.6 Å². The Morgan fingerprint density at radius 1 is 1.18 bits per heavy atom. The Morgan fingerprint density at radius 2 is 2.00 bits per heavy atom. The summed E-state index contributed by atoms with van der Waals surface area (Å²) >= 11 is 1.16. The van der Waals surface area contributed by atoms with Crippen LogP contribution in [-0.4, -0.2) is 30.8 Å². The number of nitrogens with one attached hydrogen (secondary N) is 1. The van der Waals surface area contributed by atoms with Gasteiger partial charge in [0, 0.05) is 18.1 Å². The minimum atomic E-state index is -0.393. The number of benzene rings is 1. The summed E-state index contributed by atoms with van der Waals surface area (Å²) in [4.78, 5) is 24.6. The summed E-state index contributed by atoms with van der Waals surface area (Å²) < 4.78 is 21.1. The molecule has 1 N–H and O–H groups in total. The SMILES string of the molecule is O=C(CSc1nnc2c(=O)n(-c3ccc(F)cc3)ccn12)NCc1ccco1. The fourth-order valence-electron chi connectivity index (χ4n) is 2.55. The van der Waals surface area contributed by atoms with Gasteiger partial charge in [0.2, 0.25) is 11.6 Å². The Kier molecular flexibility index (Phi) is 4.94. The van der Waals surface area contributed by atoms with E-state index in [-0.39, 0.29) is 23.1 Å². The third kappa shape index (κ3) is 3.67. The summed E-state index contributed by atoms with van der Waals surface area (Å²) in [5.41, 5.74) is 0.240. The number of fused-ring (bicyclic) bond motifs is 1. The van der Waals surface area contributed by atoms with E-state index in [4.69, 9.17) is 4.42 Å². The van der Waals surface area contributed by atoms with Gasteiger partial charge < -0.3 is 9.73 Å². The van der Waals surface area contributed by atoms with Crippen LogP contribution in [0, 0.1) is 5.82 Å². The van der Waals surface area contributed by atoms with Crippen molar-refractivity contribution in [2.24, 2.45) is 0 Å². The molecule has 0 aliphatic heterocycles. The smallest absolute Gasteiger partial charge is 0.300 e. The molecule has 0 bridgehead atoms. The summed E-state index contributed by atoms with van der Waals surface area (Å²) in [7, 11) is 0. The van der Waals surface area contributed by atoms with Crippen LogP contribution in [0.5, 0.6) is 0 Å². The van der Waals surface area contributed by atoms with Gasteiger partial charge in [0.25, 0.3) is 0 Å². The van der Waals surface area contributed by atoms with Crippen LogP contribution in [0.2, 0.25) is 0 Å². The Labute approximate surface area is 162 Å². The lowest BCUT2D eigenvalue weighted by Crippen LogP contribution is -2.24. The minimum absolute atomic E-state index is 0.114. The van der Waals surface area contributed by atoms with Gasteiger partial charge in [0.15, 0.2) is 5.16 Å². The number of aromatic nitrogens is 4. The Bertz CT molecular complexity index is 1170. The zero-order valence-electron chi connectivity index (χ0n) is 14.4. The second kappa shape index (κ2) is 7.69. The van der Waals surface area contributed by atoms with Crippen molar-refractivity contribution in [1.82, 2.24) is 24.5 Å². The van der Waals surface area contributed by atoms with E-state index in [1.165, 1.54) is 39.5 Å². The van der Waals surface area contributed by atoms with E-state index in [0.717, 1.165) is 11.8 Å². The number of furan rings is 1. The second-order valence-electron chi connectivity index (χ2n) is 5.77. The van der Waals surface area contributed by atoms with Crippen LogP contribution in [0.4, 0.5) is 4.39 Å². The molecule has 28 heavy (non-hydrogen) atoms. The highest BCUT2D eigenvalue weighted by Gasteiger charge is 2.13. The van der Waals surface area contributed by atoms with E-state index in [1.807, 2.05) is 0 Å². The highest BCUT2D eigenvalue weighted by Crippen LogP contribution is 2.16. The van der Waals surface area contributed by atoms with Crippen molar-refractivity contribution in [3.05, 3.63) is 77.0 Å². The summed E-state index contributed by atoms with van der Waals surface area (Å²) in [6.45, 7) is 0.301. The van der Waals surface area contributed by atoms with Crippen LogP contribution >= 0.6 is 11.8 Å². The largest absolute Gasteiger partial charge is 0.467 e. The van der Waals surface area contributed by atoms with Crippen molar-refractivity contribution in [2.75, 3.05) is 5.75 Å². The van der Waals surface area contributed by atoms with Crippen molar-refractivity contribution < 1.29 is 13.6 Å². The molecule has 4 rings (SSSR count). The van der Waals surface area contributed by atoms with Gasteiger partial charge in [0.1, 0.15) is 11.6 Å². The normalized spacial score (nSPS) is 11.0. The maximum Gasteiger partial charge on any atom is 0.300 e. The standard InChI is InChI=1S/C18H14FN5O3S/c19-12-3-5-13(6-4-12)23-7-8-24-16(17(23)26)21-22-18(24)28-11-15(25)20-10-14-2-1-9-27-14/h1-9H,10-11H2,(H,20,25). The zero-order chi connectivity index (χ0) is 19.5. The fraction of sp³-hybridized carbons (Fsp3) is 0.111. The van der Waals surface area contributed by atoms with Crippen LogP contribution in [-0.2, 0) is 11.3 Å². The summed E-state index contributed by atoms with van der Waals surface area (Å²) in [6, 6.07) is 9.07. The van der Waals surface area contributed by atoms with Crippen molar-refractivity contribution in [2.45, 2.75) is 11.7 Å². The number of carbonyl (C=O) groups excluding carboxylic acids is 1. The zero-order valence-corrected chi connectivity index (χ0v) is 15.2. The van der Waals surface area contributed by atoms with Crippen molar-refractivity contribution in [3.63, 3.8) is 0 Å². The highest BCUT2D eigenvalue weighted by atomic mass is 32.2. The quantitative estimate of drug-likeness (QED) is 0.499. The summed E-state index contributed by atoms with van der Waals surface area (Å²) in [5.74, 6) is 0.192. The summed E-state index contributed by atoms with van der Waals surface area (Å²) in [5, 5.41) is 11.1. The first-order chi connectivity index (χ1) is 13.6. The molecule has 8 nitrogen and oxygen atoms in total. The summed E-state index contributed by atoms with van der Waals surface area (Å²) in [6.07, 6.45) is 4.72. The predicted molar refractivity (Wildman–Crippen MR) is 99.8 cm³/mol. The molecule has 1 aromatic carbocycles. The maximum atomic E-state index is 13.1. The van der Waals surface area contributed by atoms with Crippen LogP contribution in [0.25, 0.3) is 11.3 Å². The number of rotatable bonds is 6. The molecule has 3 heterocycles. The van der Waals surface area contributed by atoms with E-state index in [1.54, 1.807) is 24.5 Å². The monoisotopic (exact) mass is 399 g/mol. The molecule has 0 radical (unpaired) electrons. The van der Waals surface area contributed by atoms with Gasteiger partial charge in [-0.25, -0.2) is 4.39 Å². The highest BCUT2D eigenvalue weighted by molar-refractivity contribution is 7.99. The van der Waals surface area contributed by atoms with Crippen LogP contribution in [0.1, 0.15) is 5.76 Å². The minimum Gasteiger partial charge on any atom is -0.467 e. The number of carbonyl (C=O) groups is 1. The van der Waals surface area contributed by atoms with Gasteiger partial charge in [-0.2, -0.15) is 0 Å². The first-order valence-electron chi connectivity index (χ1n) is 8.26. The average Bonchev–Trinajstić information content (AvgIpc) is 3.36. The van der Waals surface area contributed by atoms with Gasteiger partial charge >= 0.3 is 5.56 Å². The molecule has 0 aliphatic rings. The third-order valence-corrected chi connectivity index (χ3v) is 4.86. The van der Waals surface area contributed by atoms with E-state index >= 15 is 0 Å². The predicted octanol–water partition coefficient (Wildman–Crippen LogP) is 2.02. The molecule has 0 saturated heterocycles. The van der Waals surface area contributed by atoms with Gasteiger partial charge in [-0.05, 0) is 36.4 Å². The van der Waals surface area contributed by atoms with Gasteiger partial charge in [-0.15, -0.1) is 10.2 Å². The maximum absolute atomic E-state index is 13.1. The first-order valence-corrected chi connectivity index (χ1v) is 9.24. The lowest BCUT2D eigenvalue weighted by Gasteiger charge is -2.06. The molecule has 0 aliphatic carbocycles. The first kappa shape index (κ1) is 18.0. The Hall–Kier alpha value is -3.40. The number of amides is 1. The average molecular weight is 399 g/mol. The topological polar surface area (TPSA) is 94.4 Å². The Balaban J connectivity index is 1.48. The van der Waals surface area contributed by atoms with Crippen molar-refractivity contribution in [1.29, 1.82) is 0 Å². The van der Waals surface area contributed by atoms with Crippen LogP contribution < -0.4 is 10.9 Å². The van der Waals surface area contributed by atoms with E-state index in [0.29, 0.717) is 23.1 Å². The lowest BCUT2D eigenvalue weighted by atomic mass is 10.3. The van der Waals surface area contributed by atoms with E-state index < -0.39 is 5.56 Å². The molecule has 4 aromatic rings. The Morgan fingerprint density at radius 3 is 2.75 bits per heavy atom. The lowest BCUT2D eigenvalue weighted by molar-refractivity contribution is -0.118. The molecule has 0 saturated carbocycles. The van der Waals surface area contributed by atoms with Gasteiger partial charge in [-0.1, -0.05) is 11.8 Å².